The highest BCUT2D eigenvalue weighted by Crippen LogP contribution is 2.08. The molecule has 3 nitrogen and oxygen atoms in total. The molecule has 1 aromatic rings. The van der Waals surface area contributed by atoms with Crippen LogP contribution in [0.2, 0.25) is 0 Å². The number of carboxylic acid groups (broad SMARTS) is 1. The van der Waals surface area contributed by atoms with Crippen LogP contribution < -0.4 is 0 Å². The number of hydrogen-bond acceptors (Lipinski definition) is 2. The molecule has 0 fully saturated rings. The maximum absolute atomic E-state index is 10.3. The van der Waals surface area contributed by atoms with Gasteiger partial charge in [-0.05, 0) is 37.7 Å². The molecule has 0 radical (unpaired) electrons. The van der Waals surface area contributed by atoms with Gasteiger partial charge in [0.1, 0.15) is 0 Å². The molecule has 1 aromatic carbocycles. The van der Waals surface area contributed by atoms with Gasteiger partial charge < -0.3 is 10.2 Å². The van der Waals surface area contributed by atoms with Gasteiger partial charge in [0, 0.05) is 6.42 Å². The number of aryl methyl sites for hydroxylation is 1. The zero-order chi connectivity index (χ0) is 13.9. The SMILES string of the molecule is O=C(O)CCC/C=C\CC(O)CCc1ccccc1. The van der Waals surface area contributed by atoms with E-state index in [0.29, 0.717) is 12.8 Å². The number of carbonyl (C=O) groups is 1. The lowest BCUT2D eigenvalue weighted by Crippen LogP contribution is -2.06. The Kier molecular flexibility index (Phi) is 7.59. The van der Waals surface area contributed by atoms with Gasteiger partial charge in [-0.25, -0.2) is 0 Å². The van der Waals surface area contributed by atoms with E-state index in [9.17, 15) is 9.90 Å². The predicted molar refractivity (Wildman–Crippen MR) is 76.0 cm³/mol. The predicted octanol–water partition coefficient (Wildman–Crippen LogP) is 3.18. The minimum atomic E-state index is -0.753. The molecule has 0 heterocycles. The van der Waals surface area contributed by atoms with Gasteiger partial charge in [0.2, 0.25) is 0 Å². The van der Waals surface area contributed by atoms with E-state index in [1.165, 1.54) is 5.56 Å². The van der Waals surface area contributed by atoms with Gasteiger partial charge in [-0.15, -0.1) is 0 Å². The zero-order valence-electron chi connectivity index (χ0n) is 11.2. The molecule has 2 N–H and O–H groups in total. The maximum atomic E-state index is 10.3. The molecule has 0 spiro atoms. The second-order valence-corrected chi connectivity index (χ2v) is 4.67. The van der Waals surface area contributed by atoms with Crippen LogP contribution in [0.15, 0.2) is 42.5 Å². The van der Waals surface area contributed by atoms with Crippen LogP contribution in [0.5, 0.6) is 0 Å². The van der Waals surface area contributed by atoms with Crippen molar-refractivity contribution in [2.75, 3.05) is 0 Å². The topological polar surface area (TPSA) is 57.5 Å². The van der Waals surface area contributed by atoms with Crippen molar-refractivity contribution in [1.29, 1.82) is 0 Å². The molecule has 0 aliphatic rings. The first-order valence-electron chi connectivity index (χ1n) is 6.77. The molecule has 0 aliphatic heterocycles. The normalized spacial score (nSPS) is 12.7. The molecule has 3 heteroatoms. The number of aliphatic hydroxyl groups excluding tert-OH is 1. The maximum Gasteiger partial charge on any atom is 0.303 e. The molecule has 104 valence electrons. The lowest BCUT2D eigenvalue weighted by Gasteiger charge is -2.07. The molecule has 0 aromatic heterocycles. The van der Waals surface area contributed by atoms with E-state index in [4.69, 9.17) is 5.11 Å². The van der Waals surface area contributed by atoms with Gasteiger partial charge in [0.05, 0.1) is 6.10 Å². The fourth-order valence-corrected chi connectivity index (χ4v) is 1.84. The summed E-state index contributed by atoms with van der Waals surface area (Å²) in [7, 11) is 0. The minimum absolute atomic E-state index is 0.209. The molecule has 1 rings (SSSR count). The number of aliphatic carboxylic acids is 1. The van der Waals surface area contributed by atoms with E-state index in [1.54, 1.807) is 0 Å². The van der Waals surface area contributed by atoms with Crippen molar-refractivity contribution in [1.82, 2.24) is 0 Å². The lowest BCUT2D eigenvalue weighted by molar-refractivity contribution is -0.137. The molecule has 0 aliphatic carbocycles. The smallest absolute Gasteiger partial charge is 0.303 e. The first kappa shape index (κ1) is 15.4. The number of hydrogen-bond donors (Lipinski definition) is 2. The zero-order valence-corrected chi connectivity index (χ0v) is 11.2. The second-order valence-electron chi connectivity index (χ2n) is 4.67. The van der Waals surface area contributed by atoms with E-state index in [1.807, 2.05) is 30.4 Å². The van der Waals surface area contributed by atoms with E-state index in [2.05, 4.69) is 12.1 Å². The number of carboxylic acids is 1. The lowest BCUT2D eigenvalue weighted by atomic mass is 10.0. The van der Waals surface area contributed by atoms with Gasteiger partial charge >= 0.3 is 5.97 Å². The van der Waals surface area contributed by atoms with Crippen molar-refractivity contribution >= 4 is 5.97 Å². The number of unbranched alkanes of at least 4 members (excludes halogenated alkanes) is 1. The highest BCUT2D eigenvalue weighted by molar-refractivity contribution is 5.66. The van der Waals surface area contributed by atoms with E-state index in [-0.39, 0.29) is 12.5 Å². The number of benzene rings is 1. The Bertz CT molecular complexity index is 384. The van der Waals surface area contributed by atoms with Gasteiger partial charge in [-0.2, -0.15) is 0 Å². The van der Waals surface area contributed by atoms with Crippen LogP contribution >= 0.6 is 0 Å². The van der Waals surface area contributed by atoms with Crippen molar-refractivity contribution in [3.05, 3.63) is 48.0 Å². The van der Waals surface area contributed by atoms with Crippen molar-refractivity contribution in [2.45, 2.75) is 44.6 Å². The summed E-state index contributed by atoms with van der Waals surface area (Å²) in [4.78, 5) is 10.3. The third kappa shape index (κ3) is 8.16. The van der Waals surface area contributed by atoms with Crippen molar-refractivity contribution in [2.24, 2.45) is 0 Å². The first-order chi connectivity index (χ1) is 9.18. The summed E-state index contributed by atoms with van der Waals surface area (Å²) in [6.07, 6.45) is 7.48. The van der Waals surface area contributed by atoms with E-state index in [0.717, 1.165) is 19.3 Å². The number of aliphatic hydroxyl groups is 1. The van der Waals surface area contributed by atoms with Crippen LogP contribution in [-0.4, -0.2) is 22.3 Å². The highest BCUT2D eigenvalue weighted by atomic mass is 16.4. The Balaban J connectivity index is 2.09. The van der Waals surface area contributed by atoms with Crippen molar-refractivity contribution < 1.29 is 15.0 Å². The van der Waals surface area contributed by atoms with Gasteiger partial charge in [0.25, 0.3) is 0 Å². The van der Waals surface area contributed by atoms with Crippen LogP contribution in [-0.2, 0) is 11.2 Å². The van der Waals surface area contributed by atoms with Crippen molar-refractivity contribution in [3.8, 4) is 0 Å². The fourth-order valence-electron chi connectivity index (χ4n) is 1.84. The molecule has 1 atom stereocenters. The third-order valence-corrected chi connectivity index (χ3v) is 2.95. The average Bonchev–Trinajstić information content (AvgIpc) is 2.41. The Morgan fingerprint density at radius 3 is 2.63 bits per heavy atom. The molecular weight excluding hydrogens is 240 g/mol. The Hall–Kier alpha value is -1.61. The molecular formula is C16H22O3. The molecule has 19 heavy (non-hydrogen) atoms. The standard InChI is InChI=1S/C16H22O3/c17-15(10-6-1-2-7-11-16(18)19)13-12-14-8-4-3-5-9-14/h1,3-6,8-9,15,17H,2,7,10-13H2,(H,18,19)/b6-1-. The summed E-state index contributed by atoms with van der Waals surface area (Å²) in [5, 5.41) is 18.3. The summed E-state index contributed by atoms with van der Waals surface area (Å²) in [6.45, 7) is 0. The van der Waals surface area contributed by atoms with Crippen LogP contribution in [0.25, 0.3) is 0 Å². The summed E-state index contributed by atoms with van der Waals surface area (Å²) in [5.41, 5.74) is 1.24. The Morgan fingerprint density at radius 1 is 1.21 bits per heavy atom. The Labute approximate surface area is 114 Å². The first-order valence-corrected chi connectivity index (χ1v) is 6.77. The molecule has 0 bridgehead atoms. The van der Waals surface area contributed by atoms with Crippen molar-refractivity contribution in [3.63, 3.8) is 0 Å². The summed E-state index contributed by atoms with van der Waals surface area (Å²) >= 11 is 0. The molecule has 0 saturated carbocycles. The monoisotopic (exact) mass is 262 g/mol. The van der Waals surface area contributed by atoms with Gasteiger partial charge in [-0.1, -0.05) is 42.5 Å². The average molecular weight is 262 g/mol. The summed E-state index contributed by atoms with van der Waals surface area (Å²) < 4.78 is 0. The van der Waals surface area contributed by atoms with Gasteiger partial charge in [0.15, 0.2) is 0 Å². The van der Waals surface area contributed by atoms with E-state index >= 15 is 0 Å². The van der Waals surface area contributed by atoms with Gasteiger partial charge in [-0.3, -0.25) is 4.79 Å². The highest BCUT2D eigenvalue weighted by Gasteiger charge is 2.02. The van der Waals surface area contributed by atoms with E-state index < -0.39 is 5.97 Å². The third-order valence-electron chi connectivity index (χ3n) is 2.95. The largest absolute Gasteiger partial charge is 0.481 e. The Morgan fingerprint density at radius 2 is 1.95 bits per heavy atom. The number of allylic oxidation sites excluding steroid dienone is 1. The van der Waals surface area contributed by atoms with Crippen LogP contribution in [0.1, 0.15) is 37.7 Å². The second kappa shape index (κ2) is 9.34. The number of rotatable bonds is 9. The minimum Gasteiger partial charge on any atom is -0.481 e. The van der Waals surface area contributed by atoms with Crippen LogP contribution in [0.3, 0.4) is 0 Å². The summed E-state index contributed by atoms with van der Waals surface area (Å²) in [5.74, 6) is -0.753. The quantitative estimate of drug-likeness (QED) is 0.531. The van der Waals surface area contributed by atoms with Crippen LogP contribution in [0, 0.1) is 0 Å². The molecule has 1 unspecified atom stereocenters. The summed E-state index contributed by atoms with van der Waals surface area (Å²) in [6, 6.07) is 10.1. The van der Waals surface area contributed by atoms with Crippen LogP contribution in [0.4, 0.5) is 0 Å². The molecule has 0 amide bonds. The molecule has 0 saturated heterocycles. The fraction of sp³-hybridized carbons (Fsp3) is 0.438.